The van der Waals surface area contributed by atoms with Crippen LogP contribution in [0.2, 0.25) is 0 Å². The van der Waals surface area contributed by atoms with Gasteiger partial charge in [0.05, 0.1) is 12.6 Å². The molecule has 0 unspecified atom stereocenters. The minimum Gasteiger partial charge on any atom is -0.463 e. The molecule has 0 aromatic heterocycles. The Bertz CT molecular complexity index is 913. The van der Waals surface area contributed by atoms with Crippen LogP contribution in [0, 0.1) is 17.3 Å². The van der Waals surface area contributed by atoms with E-state index in [1.165, 1.54) is 11.1 Å². The van der Waals surface area contributed by atoms with Crippen molar-refractivity contribution in [2.45, 2.75) is 79.8 Å². The van der Waals surface area contributed by atoms with Gasteiger partial charge in [0.15, 0.2) is 0 Å². The van der Waals surface area contributed by atoms with Crippen molar-refractivity contribution in [2.24, 2.45) is 17.3 Å². The van der Waals surface area contributed by atoms with Gasteiger partial charge in [0.25, 0.3) is 0 Å². The maximum Gasteiger partial charge on any atom is 0.333 e. The van der Waals surface area contributed by atoms with Crippen molar-refractivity contribution >= 4 is 17.8 Å². The molecule has 0 spiro atoms. The van der Waals surface area contributed by atoms with Gasteiger partial charge in [0.2, 0.25) is 11.8 Å². The largest absolute Gasteiger partial charge is 0.463 e. The number of aryl methyl sites for hydroxylation is 1. The van der Waals surface area contributed by atoms with E-state index in [9.17, 15) is 14.4 Å². The zero-order chi connectivity index (χ0) is 25.6. The fourth-order valence-electron chi connectivity index (χ4n) is 4.50. The molecule has 1 N–H and O–H groups in total. The molecule has 1 aliphatic rings. The molecule has 0 fully saturated rings. The monoisotopic (exact) mass is 470 g/mol. The van der Waals surface area contributed by atoms with E-state index < -0.39 is 11.5 Å². The number of amides is 2. The van der Waals surface area contributed by atoms with Crippen molar-refractivity contribution in [3.05, 3.63) is 47.0 Å². The highest BCUT2D eigenvalue weighted by molar-refractivity contribution is 5.90. The molecule has 2 amide bonds. The van der Waals surface area contributed by atoms with Crippen LogP contribution in [0.1, 0.15) is 66.0 Å². The highest BCUT2D eigenvalue weighted by Crippen LogP contribution is 2.28. The van der Waals surface area contributed by atoms with Gasteiger partial charge in [0, 0.05) is 18.5 Å². The number of carbonyl (C=O) groups excluding carboxylic acids is 3. The molecule has 3 atom stereocenters. The van der Waals surface area contributed by atoms with Crippen LogP contribution in [-0.2, 0) is 32.0 Å². The second kappa shape index (κ2) is 11.7. The normalized spacial score (nSPS) is 18.0. The van der Waals surface area contributed by atoms with Gasteiger partial charge in [-0.15, -0.1) is 0 Å². The number of esters is 1. The van der Waals surface area contributed by atoms with E-state index in [4.69, 9.17) is 4.74 Å². The second-order valence-electron chi connectivity index (χ2n) is 10.8. The molecular weight excluding hydrogens is 428 g/mol. The average Bonchev–Trinajstić information content (AvgIpc) is 2.78. The molecule has 0 saturated heterocycles. The maximum absolute atomic E-state index is 13.7. The summed E-state index contributed by atoms with van der Waals surface area (Å²) in [6.45, 7) is 13.7. The molecule has 0 saturated carbocycles. The van der Waals surface area contributed by atoms with Crippen molar-refractivity contribution in [3.8, 4) is 0 Å². The topological polar surface area (TPSA) is 75.7 Å². The van der Waals surface area contributed by atoms with E-state index in [0.29, 0.717) is 18.6 Å². The summed E-state index contributed by atoms with van der Waals surface area (Å²) in [4.78, 5) is 40.8. The summed E-state index contributed by atoms with van der Waals surface area (Å²) in [5.74, 6) is -0.694. The van der Waals surface area contributed by atoms with Crippen molar-refractivity contribution in [2.75, 3.05) is 13.7 Å². The van der Waals surface area contributed by atoms with Crippen LogP contribution in [-0.4, -0.2) is 48.4 Å². The van der Waals surface area contributed by atoms with E-state index in [-0.39, 0.29) is 35.7 Å². The Labute approximate surface area is 205 Å². The van der Waals surface area contributed by atoms with Gasteiger partial charge in [0.1, 0.15) is 6.04 Å². The van der Waals surface area contributed by atoms with E-state index in [1.54, 1.807) is 31.9 Å². The van der Waals surface area contributed by atoms with Crippen LogP contribution in [0.4, 0.5) is 0 Å². The van der Waals surface area contributed by atoms with Crippen LogP contribution in [0.15, 0.2) is 35.9 Å². The summed E-state index contributed by atoms with van der Waals surface area (Å²) >= 11 is 0. The predicted octanol–water partition coefficient (Wildman–Crippen LogP) is 4.31. The van der Waals surface area contributed by atoms with Crippen LogP contribution >= 0.6 is 0 Å². The number of hydrogen-bond acceptors (Lipinski definition) is 4. The molecule has 188 valence electrons. The summed E-state index contributed by atoms with van der Waals surface area (Å²) < 4.78 is 5.10. The number of nitrogens with one attached hydrogen (secondary N) is 1. The van der Waals surface area contributed by atoms with Crippen molar-refractivity contribution < 1.29 is 19.1 Å². The number of fused-ring (bicyclic) bond motifs is 1. The summed E-state index contributed by atoms with van der Waals surface area (Å²) in [5, 5.41) is 3.09. The fourth-order valence-corrected chi connectivity index (χ4v) is 4.50. The molecule has 6 nitrogen and oxygen atoms in total. The maximum atomic E-state index is 13.7. The zero-order valence-electron chi connectivity index (χ0n) is 22.1. The number of nitrogens with zero attached hydrogens (tertiary/aromatic N) is 1. The Hall–Kier alpha value is -2.63. The van der Waals surface area contributed by atoms with E-state index in [1.807, 2.05) is 46.8 Å². The van der Waals surface area contributed by atoms with Crippen molar-refractivity contribution in [3.63, 3.8) is 0 Å². The average molecular weight is 471 g/mol. The number of rotatable bonds is 8. The minimum absolute atomic E-state index is 0.0736. The third-order valence-electron chi connectivity index (χ3n) is 6.61. The minimum atomic E-state index is -0.681. The second-order valence-corrected chi connectivity index (χ2v) is 10.8. The lowest BCUT2D eigenvalue weighted by Gasteiger charge is -2.38. The van der Waals surface area contributed by atoms with E-state index in [2.05, 4.69) is 17.4 Å². The molecule has 1 aromatic rings. The van der Waals surface area contributed by atoms with E-state index >= 15 is 0 Å². The van der Waals surface area contributed by atoms with Crippen molar-refractivity contribution in [1.82, 2.24) is 10.2 Å². The summed E-state index contributed by atoms with van der Waals surface area (Å²) in [7, 11) is 1.74. The molecule has 0 aliphatic heterocycles. The SMILES string of the molecule is CCOC(=O)/C(C)=C/[C@H](C(C)C)N(C)C(=O)[C@@H](NC(=O)[C@@H]1CCc2ccccc2C1)C(C)(C)C. The smallest absolute Gasteiger partial charge is 0.333 e. The highest BCUT2D eigenvalue weighted by Gasteiger charge is 2.38. The molecule has 6 heteroatoms. The van der Waals surface area contributed by atoms with Gasteiger partial charge in [-0.3, -0.25) is 9.59 Å². The molecule has 0 bridgehead atoms. The first-order valence-electron chi connectivity index (χ1n) is 12.4. The van der Waals surface area contributed by atoms with E-state index in [0.717, 1.165) is 12.8 Å². The lowest BCUT2D eigenvalue weighted by atomic mass is 9.81. The van der Waals surface area contributed by atoms with Crippen molar-refractivity contribution in [1.29, 1.82) is 0 Å². The number of benzene rings is 1. The molecule has 34 heavy (non-hydrogen) atoms. The Morgan fingerprint density at radius 3 is 2.35 bits per heavy atom. The Morgan fingerprint density at radius 2 is 1.79 bits per heavy atom. The van der Waals surface area contributed by atoms with Gasteiger partial charge >= 0.3 is 5.97 Å². The molecule has 1 aromatic carbocycles. The van der Waals surface area contributed by atoms with Gasteiger partial charge in [-0.1, -0.05) is 65.0 Å². The number of carbonyl (C=O) groups is 3. The molecule has 1 aliphatic carbocycles. The third-order valence-corrected chi connectivity index (χ3v) is 6.61. The summed E-state index contributed by atoms with van der Waals surface area (Å²) in [5.41, 5.74) is 2.51. The number of likely N-dealkylation sites (N-methyl/N-ethyl adjacent to an activating group) is 1. The zero-order valence-corrected chi connectivity index (χ0v) is 22.1. The van der Waals surface area contributed by atoms with Crippen LogP contribution in [0.3, 0.4) is 0 Å². The first kappa shape index (κ1) is 27.6. The van der Waals surface area contributed by atoms with Gasteiger partial charge in [-0.25, -0.2) is 4.79 Å². The highest BCUT2D eigenvalue weighted by atomic mass is 16.5. The Kier molecular flexibility index (Phi) is 9.48. The van der Waals surface area contributed by atoms with Crippen LogP contribution in [0.25, 0.3) is 0 Å². The first-order valence-corrected chi connectivity index (χ1v) is 12.4. The van der Waals surface area contributed by atoms with Gasteiger partial charge < -0.3 is 15.0 Å². The molecule has 2 rings (SSSR count). The Balaban J connectivity index is 2.21. The summed E-state index contributed by atoms with van der Waals surface area (Å²) in [6.07, 6.45) is 4.13. The molecule has 0 radical (unpaired) electrons. The fraction of sp³-hybridized carbons (Fsp3) is 0.607. The van der Waals surface area contributed by atoms with Gasteiger partial charge in [-0.2, -0.15) is 0 Å². The molecule has 0 heterocycles. The lowest BCUT2D eigenvalue weighted by molar-refractivity contribution is -0.141. The quantitative estimate of drug-likeness (QED) is 0.454. The van der Waals surface area contributed by atoms with Crippen LogP contribution in [0.5, 0.6) is 0 Å². The molecular formula is C28H42N2O4. The summed E-state index contributed by atoms with van der Waals surface area (Å²) in [6, 6.07) is 7.26. The van der Waals surface area contributed by atoms with Gasteiger partial charge in [-0.05, 0) is 55.6 Å². The predicted molar refractivity (Wildman–Crippen MR) is 135 cm³/mol. The Morgan fingerprint density at radius 1 is 1.18 bits per heavy atom. The van der Waals surface area contributed by atoms with Crippen LogP contribution < -0.4 is 5.32 Å². The number of hydrogen-bond donors (Lipinski definition) is 1. The first-order chi connectivity index (χ1) is 15.9. The lowest BCUT2D eigenvalue weighted by Crippen LogP contribution is -2.57. The third kappa shape index (κ3) is 6.94. The number of ether oxygens (including phenoxy) is 1. The standard InChI is InChI=1S/C28H42N2O4/c1-9-34-27(33)19(4)16-23(18(2)3)30(8)26(32)24(28(5,6)7)29-25(31)22-15-14-20-12-10-11-13-21(20)17-22/h10-13,16,18,22-24H,9,14-15,17H2,1-8H3,(H,29,31)/b19-16+/t22-,23-,24-/m1/s1.